The van der Waals surface area contributed by atoms with Crippen LogP contribution < -0.4 is 5.73 Å². The van der Waals surface area contributed by atoms with E-state index in [1.165, 1.54) is 0 Å². The molecule has 2 rings (SSSR count). The zero-order valence-corrected chi connectivity index (χ0v) is 9.06. The lowest BCUT2D eigenvalue weighted by Gasteiger charge is -2.08. The Hall–Kier alpha value is -1.21. The lowest BCUT2D eigenvalue weighted by Crippen LogP contribution is -2.15. The number of aromatic amines is 1. The predicted octanol–water partition coefficient (Wildman–Crippen LogP) is 0.349. The van der Waals surface area contributed by atoms with Crippen LogP contribution in [-0.4, -0.2) is 25.2 Å². The number of nitrogens with two attached hydrogens (primary N) is 1. The molecule has 0 aromatic carbocycles. The molecular weight excluding hydrogens is 248 g/mol. The maximum Gasteiger partial charge on any atom is 0.153 e. The first-order chi connectivity index (χ1) is 6.70. The number of halogens is 1. The highest BCUT2D eigenvalue weighted by molar-refractivity contribution is 9.10. The van der Waals surface area contributed by atoms with Crippen molar-refractivity contribution in [3.63, 3.8) is 0 Å². The van der Waals surface area contributed by atoms with Crippen LogP contribution >= 0.6 is 15.9 Å². The summed E-state index contributed by atoms with van der Waals surface area (Å²) >= 11 is 3.30. The quantitative estimate of drug-likeness (QED) is 0.812. The Balaban J connectivity index is 2.41. The fraction of sp³-hybridized carbons (Fsp3) is 0.286. The largest absolute Gasteiger partial charge is 0.319 e. The van der Waals surface area contributed by atoms with Crippen LogP contribution in [0.3, 0.4) is 0 Å². The lowest BCUT2D eigenvalue weighted by atomic mass is 10.1. The number of nitrogens with zero attached hydrogens (tertiary/aromatic N) is 4. The number of hydrogen-bond donors (Lipinski definition) is 2. The first-order valence-electron chi connectivity index (χ1n) is 3.99. The van der Waals surface area contributed by atoms with Gasteiger partial charge in [-0.1, -0.05) is 5.21 Å². The topological polar surface area (TPSA) is 85.4 Å². The van der Waals surface area contributed by atoms with Crippen molar-refractivity contribution < 1.29 is 0 Å². The van der Waals surface area contributed by atoms with E-state index >= 15 is 0 Å². The Morgan fingerprint density at radius 1 is 1.64 bits per heavy atom. The summed E-state index contributed by atoms with van der Waals surface area (Å²) in [5, 5.41) is 14.3. The summed E-state index contributed by atoms with van der Waals surface area (Å²) in [4.78, 5) is 0. The van der Waals surface area contributed by atoms with Crippen LogP contribution in [-0.2, 0) is 7.05 Å². The molecule has 7 heteroatoms. The van der Waals surface area contributed by atoms with Gasteiger partial charge in [0.15, 0.2) is 4.60 Å². The summed E-state index contributed by atoms with van der Waals surface area (Å²) < 4.78 is 2.30. The molecule has 0 aliphatic carbocycles. The summed E-state index contributed by atoms with van der Waals surface area (Å²) in [6, 6.07) is -0.275. The van der Waals surface area contributed by atoms with Crippen molar-refractivity contribution in [3.05, 3.63) is 28.3 Å². The highest BCUT2D eigenvalue weighted by Crippen LogP contribution is 2.23. The SMILES string of the molecule is Cn1nnc(Br)c1C(N)c1cn[nH]c1. The van der Waals surface area contributed by atoms with Gasteiger partial charge < -0.3 is 5.73 Å². The average Bonchev–Trinajstić information content (AvgIpc) is 2.75. The first kappa shape index (κ1) is 9.35. The van der Waals surface area contributed by atoms with E-state index in [2.05, 4.69) is 36.4 Å². The Labute approximate surface area is 88.6 Å². The van der Waals surface area contributed by atoms with Crippen molar-refractivity contribution in [2.24, 2.45) is 12.8 Å². The Kier molecular flexibility index (Phi) is 2.34. The van der Waals surface area contributed by atoms with Gasteiger partial charge in [0.05, 0.1) is 17.9 Å². The van der Waals surface area contributed by atoms with Crippen molar-refractivity contribution in [1.29, 1.82) is 0 Å². The third-order valence-electron chi connectivity index (χ3n) is 2.00. The van der Waals surface area contributed by atoms with Gasteiger partial charge in [-0.2, -0.15) is 5.10 Å². The Morgan fingerprint density at radius 3 is 2.93 bits per heavy atom. The zero-order valence-electron chi connectivity index (χ0n) is 7.48. The van der Waals surface area contributed by atoms with Gasteiger partial charge in [-0.3, -0.25) is 5.10 Å². The standard InChI is InChI=1S/C7H9BrN6/c1-14-6(7(8)12-13-14)5(9)4-2-10-11-3-4/h2-3,5H,9H2,1H3,(H,10,11). The van der Waals surface area contributed by atoms with E-state index in [0.29, 0.717) is 4.60 Å². The van der Waals surface area contributed by atoms with E-state index in [1.54, 1.807) is 24.1 Å². The second-order valence-electron chi connectivity index (χ2n) is 2.90. The van der Waals surface area contributed by atoms with Crippen molar-refractivity contribution >= 4 is 15.9 Å². The summed E-state index contributed by atoms with van der Waals surface area (Å²) in [6.45, 7) is 0. The maximum absolute atomic E-state index is 6.02. The molecule has 1 unspecified atom stereocenters. The van der Waals surface area contributed by atoms with E-state index < -0.39 is 0 Å². The van der Waals surface area contributed by atoms with Crippen LogP contribution in [0.2, 0.25) is 0 Å². The molecule has 0 bridgehead atoms. The fourth-order valence-electron chi connectivity index (χ4n) is 1.26. The smallest absolute Gasteiger partial charge is 0.153 e. The average molecular weight is 257 g/mol. The summed E-state index contributed by atoms with van der Waals surface area (Å²) in [5.41, 5.74) is 7.74. The van der Waals surface area contributed by atoms with Gasteiger partial charge in [0.2, 0.25) is 0 Å². The van der Waals surface area contributed by atoms with Gasteiger partial charge in [0.25, 0.3) is 0 Å². The fourth-order valence-corrected chi connectivity index (χ4v) is 1.83. The van der Waals surface area contributed by atoms with Crippen LogP contribution in [0.1, 0.15) is 17.3 Å². The molecule has 0 fully saturated rings. The summed E-state index contributed by atoms with van der Waals surface area (Å²) in [6.07, 6.45) is 3.44. The molecule has 74 valence electrons. The van der Waals surface area contributed by atoms with Gasteiger partial charge in [0, 0.05) is 18.8 Å². The van der Waals surface area contributed by atoms with Gasteiger partial charge >= 0.3 is 0 Å². The van der Waals surface area contributed by atoms with E-state index in [1.807, 2.05) is 0 Å². The second kappa shape index (κ2) is 3.50. The predicted molar refractivity (Wildman–Crippen MR) is 53.3 cm³/mol. The third kappa shape index (κ3) is 1.44. The minimum atomic E-state index is -0.275. The first-order valence-corrected chi connectivity index (χ1v) is 4.78. The zero-order chi connectivity index (χ0) is 10.1. The monoisotopic (exact) mass is 256 g/mol. The second-order valence-corrected chi connectivity index (χ2v) is 3.65. The van der Waals surface area contributed by atoms with E-state index in [0.717, 1.165) is 11.3 Å². The maximum atomic E-state index is 6.02. The van der Waals surface area contributed by atoms with Crippen molar-refractivity contribution in [2.75, 3.05) is 0 Å². The number of aryl methyl sites for hydroxylation is 1. The Morgan fingerprint density at radius 2 is 2.43 bits per heavy atom. The number of nitrogens with one attached hydrogen (secondary N) is 1. The lowest BCUT2D eigenvalue weighted by molar-refractivity contribution is 0.651. The molecule has 3 N–H and O–H groups in total. The molecule has 2 aromatic rings. The van der Waals surface area contributed by atoms with E-state index in [4.69, 9.17) is 5.73 Å². The van der Waals surface area contributed by atoms with Gasteiger partial charge in [0.1, 0.15) is 0 Å². The molecule has 2 aromatic heterocycles. The molecule has 0 spiro atoms. The minimum absolute atomic E-state index is 0.275. The molecule has 6 nitrogen and oxygen atoms in total. The third-order valence-corrected chi connectivity index (χ3v) is 2.56. The van der Waals surface area contributed by atoms with Gasteiger partial charge in [-0.25, -0.2) is 4.68 Å². The number of hydrogen-bond acceptors (Lipinski definition) is 4. The molecule has 0 aliphatic heterocycles. The van der Waals surface area contributed by atoms with Crippen molar-refractivity contribution in [2.45, 2.75) is 6.04 Å². The van der Waals surface area contributed by atoms with Crippen LogP contribution in [0.25, 0.3) is 0 Å². The normalized spacial score (nSPS) is 13.1. The molecule has 0 saturated heterocycles. The van der Waals surface area contributed by atoms with E-state index in [-0.39, 0.29) is 6.04 Å². The van der Waals surface area contributed by atoms with Crippen LogP contribution in [0.4, 0.5) is 0 Å². The minimum Gasteiger partial charge on any atom is -0.319 e. The van der Waals surface area contributed by atoms with Crippen molar-refractivity contribution in [1.82, 2.24) is 25.2 Å². The number of aromatic nitrogens is 5. The molecule has 2 heterocycles. The van der Waals surface area contributed by atoms with E-state index in [9.17, 15) is 0 Å². The molecular formula is C7H9BrN6. The number of rotatable bonds is 2. The van der Waals surface area contributed by atoms with Crippen LogP contribution in [0.5, 0.6) is 0 Å². The molecule has 0 amide bonds. The molecule has 1 atom stereocenters. The van der Waals surface area contributed by atoms with Crippen molar-refractivity contribution in [3.8, 4) is 0 Å². The number of H-pyrrole nitrogens is 1. The molecule has 0 saturated carbocycles. The van der Waals surface area contributed by atoms with Crippen LogP contribution in [0.15, 0.2) is 17.0 Å². The molecule has 0 radical (unpaired) electrons. The Bertz CT molecular complexity index is 400. The highest BCUT2D eigenvalue weighted by atomic mass is 79.9. The summed E-state index contributed by atoms with van der Waals surface area (Å²) in [5.74, 6) is 0. The highest BCUT2D eigenvalue weighted by Gasteiger charge is 2.18. The summed E-state index contributed by atoms with van der Waals surface area (Å²) in [7, 11) is 1.80. The molecule has 0 aliphatic rings. The van der Waals surface area contributed by atoms with Crippen LogP contribution in [0, 0.1) is 0 Å². The molecule has 14 heavy (non-hydrogen) atoms. The van der Waals surface area contributed by atoms with Gasteiger partial charge in [-0.15, -0.1) is 5.10 Å². The van der Waals surface area contributed by atoms with Gasteiger partial charge in [-0.05, 0) is 15.9 Å².